The van der Waals surface area contributed by atoms with Crippen LogP contribution in [0.3, 0.4) is 0 Å². The first-order chi connectivity index (χ1) is 11.2. The Hall–Kier alpha value is -1.27. The third-order valence-electron chi connectivity index (χ3n) is 4.78. The maximum absolute atomic E-state index is 12.1. The van der Waals surface area contributed by atoms with Crippen LogP contribution >= 0.6 is 11.3 Å². The Morgan fingerprint density at radius 2 is 2.21 bits per heavy atom. The Morgan fingerprint density at radius 3 is 2.79 bits per heavy atom. The average Bonchev–Trinajstić information content (AvgIpc) is 2.89. The third kappa shape index (κ3) is 5.11. The summed E-state index contributed by atoms with van der Waals surface area (Å²) in [5.41, 5.74) is 6.26. The van der Waals surface area contributed by atoms with Crippen LogP contribution in [0.1, 0.15) is 58.3 Å². The predicted octanol–water partition coefficient (Wildman–Crippen LogP) is 3.89. The first-order valence-corrected chi connectivity index (χ1v) is 9.63. The normalized spacial score (nSPS) is 24.6. The van der Waals surface area contributed by atoms with Crippen molar-refractivity contribution < 1.29 is 9.53 Å². The van der Waals surface area contributed by atoms with Crippen LogP contribution in [0.4, 0.5) is 10.5 Å². The minimum atomic E-state index is -0.478. The van der Waals surface area contributed by atoms with Gasteiger partial charge < -0.3 is 21.1 Å². The Morgan fingerprint density at radius 1 is 1.46 bits per heavy atom. The second kappa shape index (κ2) is 7.74. The molecule has 2 unspecified atom stereocenters. The van der Waals surface area contributed by atoms with E-state index in [0.717, 1.165) is 23.5 Å². The number of nitrogen functional groups attached to an aromatic ring is 1. The van der Waals surface area contributed by atoms with Gasteiger partial charge in [0.25, 0.3) is 0 Å². The molecule has 1 aliphatic rings. The molecule has 1 amide bonds. The zero-order valence-electron chi connectivity index (χ0n) is 15.3. The number of carbonyl (C=O) groups excluding carboxylic acids is 1. The van der Waals surface area contributed by atoms with Crippen molar-refractivity contribution in [1.29, 1.82) is 0 Å². The highest BCUT2D eigenvalue weighted by atomic mass is 32.1. The molecule has 5 nitrogen and oxygen atoms in total. The number of rotatable bonds is 5. The number of carbonyl (C=O) groups is 1. The van der Waals surface area contributed by atoms with E-state index in [1.807, 2.05) is 32.2 Å². The maximum Gasteiger partial charge on any atom is 0.407 e. The van der Waals surface area contributed by atoms with Gasteiger partial charge in [-0.05, 0) is 51.0 Å². The zero-order valence-corrected chi connectivity index (χ0v) is 16.1. The van der Waals surface area contributed by atoms with Crippen molar-refractivity contribution in [1.82, 2.24) is 10.6 Å². The fourth-order valence-electron chi connectivity index (χ4n) is 3.30. The third-order valence-corrected chi connectivity index (χ3v) is 5.72. The van der Waals surface area contributed by atoms with E-state index >= 15 is 0 Å². The lowest BCUT2D eigenvalue weighted by atomic mass is 9.73. The average molecular weight is 354 g/mol. The molecule has 136 valence electrons. The lowest BCUT2D eigenvalue weighted by Gasteiger charge is -2.44. The van der Waals surface area contributed by atoms with Gasteiger partial charge in [0.2, 0.25) is 0 Å². The van der Waals surface area contributed by atoms with Crippen LogP contribution in [0.5, 0.6) is 0 Å². The van der Waals surface area contributed by atoms with Crippen LogP contribution in [0.25, 0.3) is 0 Å². The largest absolute Gasteiger partial charge is 0.444 e. The number of hydrogen-bond acceptors (Lipinski definition) is 5. The summed E-state index contributed by atoms with van der Waals surface area (Å²) in [5, 5.41) is 8.70. The highest BCUT2D eigenvalue weighted by Crippen LogP contribution is 2.34. The van der Waals surface area contributed by atoms with Gasteiger partial charge in [-0.1, -0.05) is 19.8 Å². The number of amides is 1. The van der Waals surface area contributed by atoms with E-state index in [4.69, 9.17) is 10.5 Å². The molecule has 2 rings (SSSR count). The predicted molar refractivity (Wildman–Crippen MR) is 100 cm³/mol. The van der Waals surface area contributed by atoms with E-state index in [9.17, 15) is 4.79 Å². The minimum absolute atomic E-state index is 0.106. The van der Waals surface area contributed by atoms with Gasteiger partial charge in [0, 0.05) is 29.2 Å². The summed E-state index contributed by atoms with van der Waals surface area (Å²) in [6.07, 6.45) is 4.29. The van der Waals surface area contributed by atoms with E-state index in [-0.39, 0.29) is 11.6 Å². The second-order valence-corrected chi connectivity index (χ2v) is 8.81. The monoisotopic (exact) mass is 353 g/mol. The van der Waals surface area contributed by atoms with Crippen molar-refractivity contribution in [2.75, 3.05) is 12.3 Å². The van der Waals surface area contributed by atoms with E-state index in [1.165, 1.54) is 19.3 Å². The van der Waals surface area contributed by atoms with Gasteiger partial charge in [0.1, 0.15) is 5.60 Å². The van der Waals surface area contributed by atoms with Crippen molar-refractivity contribution in [2.24, 2.45) is 5.92 Å². The molecule has 0 aliphatic heterocycles. The molecule has 24 heavy (non-hydrogen) atoms. The van der Waals surface area contributed by atoms with E-state index in [2.05, 4.69) is 17.6 Å². The first-order valence-electron chi connectivity index (χ1n) is 8.75. The van der Waals surface area contributed by atoms with Crippen molar-refractivity contribution in [2.45, 2.75) is 71.1 Å². The molecular formula is C18H31N3O2S. The topological polar surface area (TPSA) is 76.4 Å². The summed E-state index contributed by atoms with van der Waals surface area (Å²) in [7, 11) is 0. The van der Waals surface area contributed by atoms with Crippen molar-refractivity contribution in [3.8, 4) is 0 Å². The molecule has 0 radical (unpaired) electrons. The smallest absolute Gasteiger partial charge is 0.407 e. The number of nitrogens with two attached hydrogens (primary N) is 1. The summed E-state index contributed by atoms with van der Waals surface area (Å²) >= 11 is 1.67. The molecule has 1 aromatic heterocycles. The first kappa shape index (κ1) is 19.1. The quantitative estimate of drug-likeness (QED) is 0.750. The maximum atomic E-state index is 12.1. The van der Waals surface area contributed by atoms with Gasteiger partial charge in [-0.2, -0.15) is 0 Å². The van der Waals surface area contributed by atoms with Crippen molar-refractivity contribution >= 4 is 23.1 Å². The second-order valence-electron chi connectivity index (χ2n) is 7.81. The highest BCUT2D eigenvalue weighted by molar-refractivity contribution is 7.10. The standard InChI is InChI=1S/C18H31N3O2S/c1-13-7-5-6-9-18(13,12-20-16(22)23-17(2,3)4)21-11-15-14(19)8-10-24-15/h8,10,13,21H,5-7,9,11-12,19H2,1-4H3,(H,20,22). The summed E-state index contributed by atoms with van der Waals surface area (Å²) in [6.45, 7) is 9.22. The summed E-state index contributed by atoms with van der Waals surface area (Å²) in [6, 6.07) is 1.94. The van der Waals surface area contributed by atoms with Gasteiger partial charge in [0.05, 0.1) is 0 Å². The molecule has 1 aromatic rings. The van der Waals surface area contributed by atoms with Crippen LogP contribution in [0, 0.1) is 5.92 Å². The molecular weight excluding hydrogens is 322 g/mol. The Labute approximate surface area is 149 Å². The molecule has 0 saturated heterocycles. The van der Waals surface area contributed by atoms with Crippen molar-refractivity contribution in [3.63, 3.8) is 0 Å². The molecule has 6 heteroatoms. The van der Waals surface area contributed by atoms with Crippen LogP contribution in [-0.4, -0.2) is 23.8 Å². The minimum Gasteiger partial charge on any atom is -0.444 e. The summed E-state index contributed by atoms with van der Waals surface area (Å²) in [5.74, 6) is 0.488. The molecule has 1 heterocycles. The Kier molecular flexibility index (Phi) is 6.15. The molecule has 1 fully saturated rings. The summed E-state index contributed by atoms with van der Waals surface area (Å²) < 4.78 is 5.38. The number of alkyl carbamates (subject to hydrolysis) is 1. The number of nitrogens with one attached hydrogen (secondary N) is 2. The highest BCUT2D eigenvalue weighted by Gasteiger charge is 2.38. The summed E-state index contributed by atoms with van der Waals surface area (Å²) in [4.78, 5) is 13.2. The van der Waals surface area contributed by atoms with Crippen LogP contribution < -0.4 is 16.4 Å². The van der Waals surface area contributed by atoms with Gasteiger partial charge in [-0.15, -0.1) is 11.3 Å². The zero-order chi connectivity index (χ0) is 17.8. The lowest BCUT2D eigenvalue weighted by molar-refractivity contribution is 0.0479. The van der Waals surface area contributed by atoms with Crippen LogP contribution in [0.2, 0.25) is 0 Å². The Bertz CT molecular complexity index is 553. The van der Waals surface area contributed by atoms with Gasteiger partial charge in [-0.25, -0.2) is 4.79 Å². The number of thiophene rings is 1. The molecule has 4 N–H and O–H groups in total. The molecule has 1 saturated carbocycles. The van der Waals surface area contributed by atoms with E-state index in [1.54, 1.807) is 11.3 Å². The SMILES string of the molecule is CC1CCCCC1(CNC(=O)OC(C)(C)C)NCc1sccc1N. The fraction of sp³-hybridized carbons (Fsp3) is 0.722. The molecule has 0 spiro atoms. The van der Waals surface area contributed by atoms with Crippen LogP contribution in [0.15, 0.2) is 11.4 Å². The Balaban J connectivity index is 2.01. The van der Waals surface area contributed by atoms with E-state index in [0.29, 0.717) is 12.5 Å². The number of anilines is 1. The van der Waals surface area contributed by atoms with E-state index < -0.39 is 5.60 Å². The van der Waals surface area contributed by atoms with Gasteiger partial charge in [-0.3, -0.25) is 0 Å². The van der Waals surface area contributed by atoms with Crippen molar-refractivity contribution in [3.05, 3.63) is 16.3 Å². The number of hydrogen-bond donors (Lipinski definition) is 3. The number of ether oxygens (including phenoxy) is 1. The molecule has 2 atom stereocenters. The van der Waals surface area contributed by atoms with Gasteiger partial charge in [0.15, 0.2) is 0 Å². The van der Waals surface area contributed by atoms with Crippen LogP contribution in [-0.2, 0) is 11.3 Å². The molecule has 0 bridgehead atoms. The lowest BCUT2D eigenvalue weighted by Crippen LogP contribution is -2.58. The molecule has 1 aliphatic carbocycles. The van der Waals surface area contributed by atoms with Gasteiger partial charge >= 0.3 is 6.09 Å². The fourth-order valence-corrected chi connectivity index (χ4v) is 4.03. The molecule has 0 aromatic carbocycles.